The van der Waals surface area contributed by atoms with Crippen LogP contribution >= 0.6 is 0 Å². The standard InChI is InChI=1S/C46H56N8O6/c1-8-34-19-20-38(54(34)44(56)40(27(4)5)52-46(58)60-7)42-48-24-35(49-42)29-13-11-28(12-14-29)30-15-16-32-23-33(18-17-31(32)22-30)36-25-47-41(50-36)37-10-9-21-53(37)43(55)39(26(2)3)51-45(57)59-6/h11-18,22-27,34,37-40H,8-10,19-21H2,1-7H3,(H,47,50)(H,48,49)(H,51,57)(H,52,58)/t34-,37+,38+,39+,40+/m1/s1. The summed E-state index contributed by atoms with van der Waals surface area (Å²) in [6.45, 7) is 10.3. The van der Waals surface area contributed by atoms with Crippen molar-refractivity contribution < 1.29 is 28.7 Å². The number of rotatable bonds is 12. The van der Waals surface area contributed by atoms with Gasteiger partial charge in [-0.15, -0.1) is 0 Å². The summed E-state index contributed by atoms with van der Waals surface area (Å²) in [6, 6.07) is 19.4. The van der Waals surface area contributed by atoms with Gasteiger partial charge in [0.2, 0.25) is 11.8 Å². The second-order valence-corrected chi connectivity index (χ2v) is 16.5. The van der Waals surface area contributed by atoms with Crippen molar-refractivity contribution in [2.24, 2.45) is 11.8 Å². The smallest absolute Gasteiger partial charge is 0.407 e. The number of hydrogen-bond donors (Lipinski definition) is 4. The molecule has 4 N–H and O–H groups in total. The van der Waals surface area contributed by atoms with Gasteiger partial charge < -0.3 is 39.9 Å². The third kappa shape index (κ3) is 8.59. The van der Waals surface area contributed by atoms with Crippen LogP contribution in [0, 0.1) is 11.8 Å². The molecule has 2 saturated heterocycles. The maximum Gasteiger partial charge on any atom is 0.407 e. The van der Waals surface area contributed by atoms with Gasteiger partial charge in [0.25, 0.3) is 0 Å². The van der Waals surface area contributed by atoms with Gasteiger partial charge in [-0.3, -0.25) is 9.59 Å². The number of fused-ring (bicyclic) bond motifs is 1. The van der Waals surface area contributed by atoms with E-state index in [4.69, 9.17) is 19.4 Å². The number of benzene rings is 3. The van der Waals surface area contributed by atoms with Crippen molar-refractivity contribution in [1.82, 2.24) is 40.4 Å². The predicted octanol–water partition coefficient (Wildman–Crippen LogP) is 8.15. The van der Waals surface area contributed by atoms with E-state index in [1.165, 1.54) is 14.2 Å². The van der Waals surface area contributed by atoms with Gasteiger partial charge in [-0.25, -0.2) is 19.6 Å². The van der Waals surface area contributed by atoms with Gasteiger partial charge in [0, 0.05) is 18.2 Å². The Morgan fingerprint density at radius 3 is 1.78 bits per heavy atom. The Morgan fingerprint density at radius 1 is 0.683 bits per heavy atom. The van der Waals surface area contributed by atoms with Crippen LogP contribution in [0.2, 0.25) is 0 Å². The first-order valence-corrected chi connectivity index (χ1v) is 21.0. The molecule has 0 aliphatic carbocycles. The zero-order valence-electron chi connectivity index (χ0n) is 35.5. The SMILES string of the molecule is CC[C@@H]1CC[C@@H](c2ncc(-c3ccc(-c4ccc5cc(-c6cnc([C@@H]7CCCN7C(=O)[C@@H](NC(=O)OC)C(C)C)[nH]6)ccc5c4)cc3)[nH]2)N1C(=O)[C@@H](NC(=O)OC)C(C)C. The van der Waals surface area contributed by atoms with Crippen molar-refractivity contribution in [3.63, 3.8) is 0 Å². The summed E-state index contributed by atoms with van der Waals surface area (Å²) < 4.78 is 9.59. The van der Waals surface area contributed by atoms with Crippen LogP contribution in [0.1, 0.15) is 90.5 Å². The Kier molecular flexibility index (Phi) is 12.6. The van der Waals surface area contributed by atoms with Crippen molar-refractivity contribution in [1.29, 1.82) is 0 Å². The molecule has 0 spiro atoms. The summed E-state index contributed by atoms with van der Waals surface area (Å²) in [7, 11) is 2.59. The van der Waals surface area contributed by atoms with E-state index >= 15 is 0 Å². The number of carbonyl (C=O) groups excluding carboxylic acids is 4. The highest BCUT2D eigenvalue weighted by Crippen LogP contribution is 2.39. The van der Waals surface area contributed by atoms with Gasteiger partial charge in [0.1, 0.15) is 23.7 Å². The largest absolute Gasteiger partial charge is 0.453 e. The molecule has 2 aromatic heterocycles. The highest BCUT2D eigenvalue weighted by molar-refractivity contribution is 5.91. The lowest BCUT2D eigenvalue weighted by molar-refractivity contribution is -0.138. The van der Waals surface area contributed by atoms with Crippen LogP contribution in [0.25, 0.3) is 44.4 Å². The molecular weight excluding hydrogens is 761 g/mol. The summed E-state index contributed by atoms with van der Waals surface area (Å²) in [5, 5.41) is 7.64. The van der Waals surface area contributed by atoms with E-state index in [9.17, 15) is 19.2 Å². The summed E-state index contributed by atoms with van der Waals surface area (Å²) >= 11 is 0. The van der Waals surface area contributed by atoms with Gasteiger partial charge in [-0.2, -0.15) is 0 Å². The van der Waals surface area contributed by atoms with Crippen molar-refractivity contribution in [2.45, 2.75) is 96.9 Å². The van der Waals surface area contributed by atoms with Crippen LogP contribution in [0.15, 0.2) is 73.1 Å². The summed E-state index contributed by atoms with van der Waals surface area (Å²) in [6.07, 6.45) is 6.49. The van der Waals surface area contributed by atoms with Gasteiger partial charge in [0.05, 0.1) is 50.1 Å². The molecule has 0 bridgehead atoms. The van der Waals surface area contributed by atoms with E-state index in [1.807, 2.05) is 49.9 Å². The third-order valence-corrected chi connectivity index (χ3v) is 12.0. The molecule has 0 radical (unpaired) electrons. The van der Waals surface area contributed by atoms with Gasteiger partial charge in [-0.1, -0.05) is 83.1 Å². The van der Waals surface area contributed by atoms with Crippen LogP contribution in [0.4, 0.5) is 9.59 Å². The van der Waals surface area contributed by atoms with E-state index in [2.05, 4.69) is 88.2 Å². The van der Waals surface area contributed by atoms with E-state index in [-0.39, 0.29) is 41.8 Å². The number of ether oxygens (including phenoxy) is 2. The number of H-pyrrole nitrogens is 2. The number of carbonyl (C=O) groups is 4. The fraction of sp³-hybridized carbons (Fsp3) is 0.435. The number of aromatic amines is 2. The second-order valence-electron chi connectivity index (χ2n) is 16.5. The first kappa shape index (κ1) is 42.0. The lowest BCUT2D eigenvalue weighted by Crippen LogP contribution is -2.53. The zero-order valence-corrected chi connectivity index (χ0v) is 35.5. The highest BCUT2D eigenvalue weighted by Gasteiger charge is 2.42. The molecule has 5 aromatic rings. The van der Waals surface area contributed by atoms with Crippen LogP contribution < -0.4 is 10.6 Å². The Labute approximate surface area is 350 Å². The maximum atomic E-state index is 13.9. The molecular formula is C46H56N8O6. The van der Waals surface area contributed by atoms with Crippen LogP contribution in [-0.2, 0) is 19.1 Å². The molecule has 4 heterocycles. The number of hydrogen-bond acceptors (Lipinski definition) is 8. The topological polar surface area (TPSA) is 175 Å². The molecule has 2 aliphatic heterocycles. The molecule has 3 aromatic carbocycles. The van der Waals surface area contributed by atoms with E-state index in [0.717, 1.165) is 88.2 Å². The fourth-order valence-electron chi connectivity index (χ4n) is 8.68. The number of likely N-dealkylation sites (tertiary alicyclic amines) is 2. The van der Waals surface area contributed by atoms with Crippen molar-refractivity contribution in [3.05, 3.63) is 84.7 Å². The predicted molar refractivity (Wildman–Crippen MR) is 229 cm³/mol. The molecule has 0 saturated carbocycles. The number of aromatic nitrogens is 4. The molecule has 316 valence electrons. The fourth-order valence-corrected chi connectivity index (χ4v) is 8.68. The number of imidazole rings is 2. The summed E-state index contributed by atoms with van der Waals surface area (Å²) in [5.41, 5.74) is 5.89. The van der Waals surface area contributed by atoms with Gasteiger partial charge in [0.15, 0.2) is 0 Å². The van der Waals surface area contributed by atoms with E-state index in [0.29, 0.717) is 6.54 Å². The van der Waals surface area contributed by atoms with E-state index in [1.54, 1.807) is 0 Å². The van der Waals surface area contributed by atoms with Crippen LogP contribution in [0.3, 0.4) is 0 Å². The average Bonchev–Trinajstić information content (AvgIpc) is 4.10. The molecule has 2 aliphatic rings. The van der Waals surface area contributed by atoms with Crippen molar-refractivity contribution in [3.8, 4) is 33.6 Å². The molecule has 0 unspecified atom stereocenters. The molecule has 60 heavy (non-hydrogen) atoms. The molecule has 14 nitrogen and oxygen atoms in total. The number of nitrogens with one attached hydrogen (secondary N) is 4. The first-order chi connectivity index (χ1) is 28.9. The van der Waals surface area contributed by atoms with Crippen molar-refractivity contribution >= 4 is 34.8 Å². The summed E-state index contributed by atoms with van der Waals surface area (Å²) in [4.78, 5) is 71.8. The Bertz CT molecular complexity index is 2330. The van der Waals surface area contributed by atoms with Crippen LogP contribution in [0.5, 0.6) is 0 Å². The Hall–Kier alpha value is -6.18. The number of amides is 4. The average molecular weight is 817 g/mol. The summed E-state index contributed by atoms with van der Waals surface area (Å²) in [5.74, 6) is 0.983. The second kappa shape index (κ2) is 18.0. The molecule has 5 atom stereocenters. The molecule has 7 rings (SSSR count). The molecule has 4 amide bonds. The minimum Gasteiger partial charge on any atom is -0.453 e. The number of alkyl carbamates (subject to hydrolysis) is 2. The maximum absolute atomic E-state index is 13.9. The Morgan fingerprint density at radius 2 is 1.20 bits per heavy atom. The number of methoxy groups -OCH3 is 2. The third-order valence-electron chi connectivity index (χ3n) is 12.0. The van der Waals surface area contributed by atoms with Gasteiger partial charge in [-0.05, 0) is 83.5 Å². The highest BCUT2D eigenvalue weighted by atomic mass is 16.5. The first-order valence-electron chi connectivity index (χ1n) is 21.0. The lowest BCUT2D eigenvalue weighted by Gasteiger charge is -2.34. The molecule has 2 fully saturated rings. The lowest BCUT2D eigenvalue weighted by atomic mass is 9.98. The minimum absolute atomic E-state index is 0.0531. The van der Waals surface area contributed by atoms with Gasteiger partial charge >= 0.3 is 12.2 Å². The van der Waals surface area contributed by atoms with Crippen molar-refractivity contribution in [2.75, 3.05) is 20.8 Å². The molecule has 14 heteroatoms. The minimum atomic E-state index is -0.701. The van der Waals surface area contributed by atoms with Crippen LogP contribution in [-0.4, -0.2) is 92.6 Å². The number of nitrogens with zero attached hydrogens (tertiary/aromatic N) is 4. The van der Waals surface area contributed by atoms with E-state index < -0.39 is 24.3 Å². The zero-order chi connectivity index (χ0) is 42.7. The normalized spacial score (nSPS) is 18.9. The quantitative estimate of drug-likeness (QED) is 0.0976. The monoisotopic (exact) mass is 816 g/mol. The Balaban J connectivity index is 1.04.